The summed E-state index contributed by atoms with van der Waals surface area (Å²) in [5, 5.41) is 3.53. The largest absolute Gasteiger partial charge is 0.381 e. The van der Waals surface area contributed by atoms with Crippen molar-refractivity contribution in [3.05, 3.63) is 0 Å². The molecule has 1 saturated carbocycles. The summed E-state index contributed by atoms with van der Waals surface area (Å²) in [4.78, 5) is 7.53. The van der Waals surface area contributed by atoms with Gasteiger partial charge in [-0.1, -0.05) is 19.8 Å². The molecule has 3 rings (SSSR count). The molecule has 0 atom stereocenters. The molecule has 0 aromatic rings. The van der Waals surface area contributed by atoms with Crippen LogP contribution in [0.25, 0.3) is 0 Å². The second-order valence-electron chi connectivity index (χ2n) is 7.97. The lowest BCUT2D eigenvalue weighted by Gasteiger charge is -2.33. The van der Waals surface area contributed by atoms with Gasteiger partial charge in [-0.15, -0.1) is 24.0 Å². The van der Waals surface area contributed by atoms with Crippen molar-refractivity contribution in [2.75, 3.05) is 39.4 Å². The monoisotopic (exact) mass is 435 g/mol. The number of rotatable bonds is 3. The summed E-state index contributed by atoms with van der Waals surface area (Å²) in [5.74, 6) is 1.15. The van der Waals surface area contributed by atoms with Gasteiger partial charge in [0.25, 0.3) is 0 Å². The highest BCUT2D eigenvalue weighted by Gasteiger charge is 2.40. The number of guanidine groups is 1. The van der Waals surface area contributed by atoms with Gasteiger partial charge in [0.05, 0.1) is 0 Å². The van der Waals surface area contributed by atoms with Crippen molar-refractivity contribution >= 4 is 29.9 Å². The maximum Gasteiger partial charge on any atom is 0.193 e. The number of hydrogen-bond donors (Lipinski definition) is 1. The van der Waals surface area contributed by atoms with Crippen molar-refractivity contribution in [3.63, 3.8) is 0 Å². The Morgan fingerprint density at radius 3 is 2.48 bits per heavy atom. The van der Waals surface area contributed by atoms with E-state index in [1.165, 1.54) is 51.5 Å². The van der Waals surface area contributed by atoms with Gasteiger partial charge in [0, 0.05) is 39.4 Å². The lowest BCUT2D eigenvalue weighted by atomic mass is 9.80. The van der Waals surface area contributed by atoms with Crippen LogP contribution in [0.2, 0.25) is 0 Å². The third-order valence-electron chi connectivity index (χ3n) is 6.05. The summed E-state index contributed by atoms with van der Waals surface area (Å²) in [5.41, 5.74) is 0.933. The summed E-state index contributed by atoms with van der Waals surface area (Å²) >= 11 is 0. The van der Waals surface area contributed by atoms with E-state index in [9.17, 15) is 0 Å². The normalized spacial score (nSPS) is 26.3. The third-order valence-corrected chi connectivity index (χ3v) is 6.05. The molecule has 0 bridgehead atoms. The van der Waals surface area contributed by atoms with E-state index in [1.54, 1.807) is 0 Å². The first-order valence-corrected chi connectivity index (χ1v) is 9.26. The van der Waals surface area contributed by atoms with E-state index in [4.69, 9.17) is 9.73 Å². The van der Waals surface area contributed by atoms with Gasteiger partial charge in [-0.25, -0.2) is 0 Å². The average Bonchev–Trinajstić information content (AvgIpc) is 3.12. The van der Waals surface area contributed by atoms with Crippen molar-refractivity contribution in [1.82, 2.24) is 10.2 Å². The van der Waals surface area contributed by atoms with Gasteiger partial charge >= 0.3 is 0 Å². The summed E-state index contributed by atoms with van der Waals surface area (Å²) in [6.45, 7) is 10.7. The maximum atomic E-state index is 5.56. The van der Waals surface area contributed by atoms with Gasteiger partial charge in [-0.2, -0.15) is 0 Å². The van der Waals surface area contributed by atoms with Gasteiger partial charge in [-0.3, -0.25) is 4.99 Å². The molecule has 0 aromatic carbocycles. The lowest BCUT2D eigenvalue weighted by molar-refractivity contribution is 0.0217. The van der Waals surface area contributed by atoms with Gasteiger partial charge in [0.2, 0.25) is 0 Å². The van der Waals surface area contributed by atoms with Gasteiger partial charge < -0.3 is 15.0 Å². The van der Waals surface area contributed by atoms with E-state index in [0.29, 0.717) is 10.8 Å². The summed E-state index contributed by atoms with van der Waals surface area (Å²) < 4.78 is 5.56. The van der Waals surface area contributed by atoms with Crippen LogP contribution >= 0.6 is 24.0 Å². The summed E-state index contributed by atoms with van der Waals surface area (Å²) in [6.07, 6.45) is 9.21. The van der Waals surface area contributed by atoms with Crippen LogP contribution in [-0.2, 0) is 4.74 Å². The molecule has 2 saturated heterocycles. The van der Waals surface area contributed by atoms with Crippen molar-refractivity contribution in [3.8, 4) is 0 Å². The van der Waals surface area contributed by atoms with Crippen LogP contribution in [0.5, 0.6) is 0 Å². The van der Waals surface area contributed by atoms with Crippen LogP contribution in [0.1, 0.15) is 58.8 Å². The smallest absolute Gasteiger partial charge is 0.193 e. The predicted molar refractivity (Wildman–Crippen MR) is 107 cm³/mol. The van der Waals surface area contributed by atoms with E-state index in [2.05, 4.69) is 24.1 Å². The molecule has 2 aliphatic heterocycles. The van der Waals surface area contributed by atoms with Gasteiger partial charge in [0.15, 0.2) is 5.96 Å². The first kappa shape index (κ1) is 19.3. The van der Waals surface area contributed by atoms with E-state index in [-0.39, 0.29) is 24.0 Å². The predicted octanol–water partition coefficient (Wildman–Crippen LogP) is 3.65. The van der Waals surface area contributed by atoms with Crippen molar-refractivity contribution in [2.45, 2.75) is 58.8 Å². The zero-order chi connectivity index (χ0) is 15.5. The van der Waals surface area contributed by atoms with Crippen molar-refractivity contribution < 1.29 is 4.74 Å². The minimum Gasteiger partial charge on any atom is -0.381 e. The first-order chi connectivity index (χ1) is 10.6. The van der Waals surface area contributed by atoms with Crippen LogP contribution in [0.3, 0.4) is 0 Å². The Bertz CT molecular complexity index is 401. The Balaban J connectivity index is 0.00000192. The maximum absolute atomic E-state index is 5.56. The summed E-state index contributed by atoms with van der Waals surface area (Å²) in [7, 11) is 0. The molecule has 5 heteroatoms. The van der Waals surface area contributed by atoms with Gasteiger partial charge in [-0.05, 0) is 49.9 Å². The Morgan fingerprint density at radius 2 is 1.83 bits per heavy atom. The van der Waals surface area contributed by atoms with Crippen LogP contribution in [0.4, 0.5) is 0 Å². The quantitative estimate of drug-likeness (QED) is 0.418. The molecule has 1 N–H and O–H groups in total. The third kappa shape index (κ3) is 4.74. The fraction of sp³-hybridized carbons (Fsp3) is 0.944. The van der Waals surface area contributed by atoms with Crippen LogP contribution < -0.4 is 5.32 Å². The Hall–Kier alpha value is -0.0400. The molecule has 3 aliphatic rings. The van der Waals surface area contributed by atoms with E-state index >= 15 is 0 Å². The molecule has 0 unspecified atom stereocenters. The Morgan fingerprint density at radius 1 is 1.13 bits per heavy atom. The van der Waals surface area contributed by atoms with Crippen LogP contribution in [-0.4, -0.2) is 50.3 Å². The number of ether oxygens (including phenoxy) is 1. The molecular weight excluding hydrogens is 401 g/mol. The van der Waals surface area contributed by atoms with Crippen LogP contribution in [0, 0.1) is 10.8 Å². The van der Waals surface area contributed by atoms with E-state index in [1.807, 2.05) is 0 Å². The zero-order valence-corrected chi connectivity index (χ0v) is 17.2. The molecule has 1 aliphatic carbocycles. The number of nitrogens with zero attached hydrogens (tertiary/aromatic N) is 2. The lowest BCUT2D eigenvalue weighted by Crippen LogP contribution is -2.42. The Kier molecular flexibility index (Phi) is 7.01. The second-order valence-corrected chi connectivity index (χ2v) is 7.97. The molecule has 0 aromatic heterocycles. The second kappa shape index (κ2) is 8.37. The molecule has 1 spiro atoms. The zero-order valence-electron chi connectivity index (χ0n) is 14.9. The molecule has 4 nitrogen and oxygen atoms in total. The minimum atomic E-state index is 0. The van der Waals surface area contributed by atoms with Crippen molar-refractivity contribution in [2.24, 2.45) is 15.8 Å². The number of aliphatic imine (C=N–C) groups is 1. The molecule has 3 fully saturated rings. The molecular formula is C18H34IN3O. The molecule has 23 heavy (non-hydrogen) atoms. The minimum absolute atomic E-state index is 0. The summed E-state index contributed by atoms with van der Waals surface area (Å²) in [6, 6.07) is 0. The van der Waals surface area contributed by atoms with Crippen molar-refractivity contribution in [1.29, 1.82) is 0 Å². The highest BCUT2D eigenvalue weighted by molar-refractivity contribution is 14.0. The molecule has 0 radical (unpaired) electrons. The van der Waals surface area contributed by atoms with Crippen LogP contribution in [0.15, 0.2) is 4.99 Å². The average molecular weight is 435 g/mol. The number of halogens is 1. The Labute approximate surface area is 158 Å². The first-order valence-electron chi connectivity index (χ1n) is 9.26. The molecule has 0 amide bonds. The topological polar surface area (TPSA) is 36.9 Å². The fourth-order valence-corrected chi connectivity index (χ4v) is 4.41. The highest BCUT2D eigenvalue weighted by Crippen LogP contribution is 2.40. The van der Waals surface area contributed by atoms with Gasteiger partial charge in [0.1, 0.15) is 0 Å². The highest BCUT2D eigenvalue weighted by atomic mass is 127. The number of nitrogens with one attached hydrogen (secondary N) is 1. The molecule has 134 valence electrons. The fourth-order valence-electron chi connectivity index (χ4n) is 4.41. The molecule has 2 heterocycles. The number of likely N-dealkylation sites (tertiary alicyclic amines) is 1. The van der Waals surface area contributed by atoms with E-state index in [0.717, 1.165) is 38.8 Å². The SMILES string of the molecule is CCNC(=NCC1(C)CCCC1)N1CCC2(CCOCC2)C1.I. The van der Waals surface area contributed by atoms with E-state index < -0.39 is 0 Å². The standard InChI is InChI=1S/C18H33N3O.HI/c1-3-19-16(20-14-17(2)6-4-5-7-17)21-11-8-18(15-21)9-12-22-13-10-18;/h3-15H2,1-2H3,(H,19,20);1H. The number of hydrogen-bond acceptors (Lipinski definition) is 2.